The van der Waals surface area contributed by atoms with Crippen LogP contribution >= 0.6 is 0 Å². The number of para-hydroxylation sites is 4. The van der Waals surface area contributed by atoms with Gasteiger partial charge >= 0.3 is 0 Å². The molecule has 0 saturated heterocycles. The van der Waals surface area contributed by atoms with Crippen molar-refractivity contribution in [1.82, 2.24) is 9.13 Å². The molecule has 0 radical (unpaired) electrons. The monoisotopic (exact) mass is 777 g/mol. The molecule has 61 heavy (non-hydrogen) atoms. The van der Waals surface area contributed by atoms with Gasteiger partial charge < -0.3 is 14.0 Å². The van der Waals surface area contributed by atoms with Crippen LogP contribution in [-0.4, -0.2) is 9.13 Å². The summed E-state index contributed by atoms with van der Waals surface area (Å²) >= 11 is 0. The number of aromatic nitrogens is 2. The lowest BCUT2D eigenvalue weighted by molar-refractivity contribution is 1.17. The Hall–Kier alpha value is -8.14. The highest BCUT2D eigenvalue weighted by Gasteiger charge is 2.17. The van der Waals surface area contributed by atoms with Gasteiger partial charge in [-0.2, -0.15) is 0 Å². The first-order valence-corrected chi connectivity index (χ1v) is 20.9. The topological polar surface area (TPSA) is 13.1 Å². The van der Waals surface area contributed by atoms with Crippen LogP contribution in [0.3, 0.4) is 0 Å². The van der Waals surface area contributed by atoms with Crippen LogP contribution in [0.4, 0.5) is 17.1 Å². The van der Waals surface area contributed by atoms with Crippen LogP contribution in [-0.2, 0) is 0 Å². The Morgan fingerprint density at radius 1 is 0.246 bits per heavy atom. The van der Waals surface area contributed by atoms with Gasteiger partial charge in [-0.25, -0.2) is 0 Å². The van der Waals surface area contributed by atoms with E-state index in [1.54, 1.807) is 0 Å². The molecule has 0 amide bonds. The van der Waals surface area contributed by atoms with Crippen LogP contribution in [0.2, 0.25) is 0 Å². The van der Waals surface area contributed by atoms with E-state index in [1.165, 1.54) is 76.6 Å². The van der Waals surface area contributed by atoms with E-state index in [2.05, 4.69) is 251 Å². The maximum Gasteiger partial charge on any atom is 0.0541 e. The largest absolute Gasteiger partial charge is 0.311 e. The molecule has 286 valence electrons. The Balaban J connectivity index is 0.937. The van der Waals surface area contributed by atoms with Crippen molar-refractivity contribution in [3.8, 4) is 33.6 Å². The number of nitrogens with zero attached hydrogens (tertiary/aromatic N) is 3. The normalized spacial score (nSPS) is 11.6. The van der Waals surface area contributed by atoms with Crippen molar-refractivity contribution in [2.24, 2.45) is 0 Å². The SMILES string of the molecule is c1cc(-c2ccc(N(c3ccc(-c4ccc5ccccc5c4)cc3)c3ccc(-n4c5ccccc5c5ccccc54)cc3)cc2)cc(-n2c3ccccc3c3ccccc32)c1. The van der Waals surface area contributed by atoms with Crippen molar-refractivity contribution < 1.29 is 0 Å². The summed E-state index contributed by atoms with van der Waals surface area (Å²) in [6, 6.07) is 85.9. The van der Waals surface area contributed by atoms with Gasteiger partial charge in [-0.3, -0.25) is 0 Å². The minimum atomic E-state index is 1.09. The van der Waals surface area contributed by atoms with Crippen LogP contribution in [0.15, 0.2) is 237 Å². The van der Waals surface area contributed by atoms with Crippen molar-refractivity contribution in [1.29, 1.82) is 0 Å². The number of hydrogen-bond acceptors (Lipinski definition) is 1. The van der Waals surface area contributed by atoms with Crippen LogP contribution in [0, 0.1) is 0 Å². The van der Waals surface area contributed by atoms with Gasteiger partial charge in [0.15, 0.2) is 0 Å². The molecule has 0 N–H and O–H groups in total. The van der Waals surface area contributed by atoms with Crippen LogP contribution in [0.25, 0.3) is 88.0 Å². The molecule has 10 aromatic carbocycles. The van der Waals surface area contributed by atoms with Crippen molar-refractivity contribution in [3.05, 3.63) is 237 Å². The van der Waals surface area contributed by atoms with Crippen molar-refractivity contribution in [3.63, 3.8) is 0 Å². The predicted molar refractivity (Wildman–Crippen MR) is 258 cm³/mol. The van der Waals surface area contributed by atoms with E-state index in [4.69, 9.17) is 0 Å². The van der Waals surface area contributed by atoms with E-state index < -0.39 is 0 Å². The first kappa shape index (κ1) is 34.9. The summed E-state index contributed by atoms with van der Waals surface area (Å²) in [7, 11) is 0. The number of hydrogen-bond donors (Lipinski definition) is 0. The van der Waals surface area contributed by atoms with Gasteiger partial charge in [0.25, 0.3) is 0 Å². The molecule has 12 aromatic rings. The average molecular weight is 778 g/mol. The third kappa shape index (κ3) is 5.90. The predicted octanol–water partition coefficient (Wildman–Crippen LogP) is 15.8. The number of rotatable bonds is 7. The van der Waals surface area contributed by atoms with Gasteiger partial charge in [0.2, 0.25) is 0 Å². The molecule has 0 fully saturated rings. The van der Waals surface area contributed by atoms with Crippen molar-refractivity contribution >= 4 is 71.4 Å². The minimum Gasteiger partial charge on any atom is -0.311 e. The van der Waals surface area contributed by atoms with Gasteiger partial charge in [-0.05, 0) is 124 Å². The van der Waals surface area contributed by atoms with Crippen molar-refractivity contribution in [2.75, 3.05) is 4.90 Å². The molecular weight excluding hydrogens is 739 g/mol. The maximum absolute atomic E-state index is 2.38. The fourth-order valence-corrected chi connectivity index (χ4v) is 9.40. The van der Waals surface area contributed by atoms with E-state index in [0.29, 0.717) is 0 Å². The number of benzene rings is 10. The van der Waals surface area contributed by atoms with Gasteiger partial charge in [-0.1, -0.05) is 146 Å². The summed E-state index contributed by atoms with van der Waals surface area (Å²) in [5.74, 6) is 0. The molecule has 0 bridgehead atoms. The van der Waals surface area contributed by atoms with Crippen LogP contribution < -0.4 is 4.90 Å². The van der Waals surface area contributed by atoms with Gasteiger partial charge in [0, 0.05) is 50.0 Å². The van der Waals surface area contributed by atoms with Crippen LogP contribution in [0.5, 0.6) is 0 Å². The Labute approximate surface area is 354 Å². The number of fused-ring (bicyclic) bond motifs is 7. The summed E-state index contributed by atoms with van der Waals surface area (Å²) in [6.45, 7) is 0. The standard InChI is InChI=1S/C58H39N3/c1-2-13-43-38-45(25-24-40(43)12-1)42-28-32-47(33-29-42)59(48-34-36-49(37-35-48)60-55-20-7-3-16-51(55)52-17-4-8-21-56(52)60)46-30-26-41(27-31-46)44-14-11-15-50(39-44)61-57-22-9-5-18-53(57)54-19-6-10-23-58(54)61/h1-39H. The molecule has 3 nitrogen and oxygen atoms in total. The second-order valence-electron chi connectivity index (χ2n) is 15.8. The maximum atomic E-state index is 2.38. The summed E-state index contributed by atoms with van der Waals surface area (Å²) in [6.07, 6.45) is 0. The summed E-state index contributed by atoms with van der Waals surface area (Å²) < 4.78 is 4.76. The lowest BCUT2D eigenvalue weighted by Gasteiger charge is -2.26. The van der Waals surface area contributed by atoms with Gasteiger partial charge in [0.05, 0.1) is 22.1 Å². The fourth-order valence-electron chi connectivity index (χ4n) is 9.40. The van der Waals surface area contributed by atoms with Crippen LogP contribution in [0.1, 0.15) is 0 Å². The van der Waals surface area contributed by atoms with E-state index >= 15 is 0 Å². The molecule has 2 heterocycles. The molecule has 0 spiro atoms. The lowest BCUT2D eigenvalue weighted by Crippen LogP contribution is -2.10. The molecule has 0 aliphatic rings. The Morgan fingerprint density at radius 2 is 0.639 bits per heavy atom. The summed E-state index contributed by atoms with van der Waals surface area (Å²) in [5.41, 5.74) is 15.1. The second kappa shape index (κ2) is 14.3. The highest BCUT2D eigenvalue weighted by molar-refractivity contribution is 6.10. The molecule has 0 aliphatic carbocycles. The average Bonchev–Trinajstić information content (AvgIpc) is 3.85. The highest BCUT2D eigenvalue weighted by atomic mass is 15.1. The molecule has 0 aliphatic heterocycles. The third-order valence-electron chi connectivity index (χ3n) is 12.3. The third-order valence-corrected chi connectivity index (χ3v) is 12.3. The van der Waals surface area contributed by atoms with E-state index in [1.807, 2.05) is 0 Å². The molecular formula is C58H39N3. The highest BCUT2D eigenvalue weighted by Crippen LogP contribution is 2.40. The van der Waals surface area contributed by atoms with Gasteiger partial charge in [0.1, 0.15) is 0 Å². The molecule has 0 unspecified atom stereocenters. The van der Waals surface area contributed by atoms with E-state index in [9.17, 15) is 0 Å². The first-order chi connectivity index (χ1) is 30.2. The quantitative estimate of drug-likeness (QED) is 0.157. The minimum absolute atomic E-state index is 1.09. The fraction of sp³-hybridized carbons (Fsp3) is 0. The Morgan fingerprint density at radius 3 is 1.15 bits per heavy atom. The summed E-state index contributed by atoms with van der Waals surface area (Å²) in [4.78, 5) is 2.36. The molecule has 3 heteroatoms. The van der Waals surface area contributed by atoms with E-state index in [-0.39, 0.29) is 0 Å². The van der Waals surface area contributed by atoms with Gasteiger partial charge in [-0.15, -0.1) is 0 Å². The second-order valence-corrected chi connectivity index (χ2v) is 15.8. The zero-order chi connectivity index (χ0) is 40.3. The zero-order valence-electron chi connectivity index (χ0n) is 33.4. The molecule has 0 atom stereocenters. The smallest absolute Gasteiger partial charge is 0.0541 e. The Kier molecular flexibility index (Phi) is 8.17. The zero-order valence-corrected chi connectivity index (χ0v) is 33.4. The molecule has 12 rings (SSSR count). The lowest BCUT2D eigenvalue weighted by atomic mass is 10.0. The molecule has 0 saturated carbocycles. The molecule has 2 aromatic heterocycles. The summed E-state index contributed by atoms with van der Waals surface area (Å²) in [5, 5.41) is 7.55. The van der Waals surface area contributed by atoms with E-state index in [0.717, 1.165) is 28.4 Å². The number of anilines is 3. The Bertz CT molecular complexity index is 3470. The first-order valence-electron chi connectivity index (χ1n) is 20.9. The van der Waals surface area contributed by atoms with Crippen molar-refractivity contribution in [2.45, 2.75) is 0 Å².